The Balaban J connectivity index is 1.54. The van der Waals surface area contributed by atoms with Gasteiger partial charge in [0.15, 0.2) is 5.96 Å². The standard InChI is InChI=1S/C22H37N5O2S/c1-3-12-26-15-10-20(11-16-26)25-22(23-2)24-18-19-8-7-9-21(17-19)30(28,29)27-13-5-4-6-14-27/h7-9,17,20H,3-6,10-16,18H2,1-2H3,(H2,23,24,25). The van der Waals surface area contributed by atoms with Crippen LogP contribution in [0.1, 0.15) is 51.0 Å². The van der Waals surface area contributed by atoms with Crippen LogP contribution in [0.25, 0.3) is 0 Å². The van der Waals surface area contributed by atoms with Crippen LogP contribution in [0.15, 0.2) is 34.2 Å². The molecule has 0 aromatic heterocycles. The van der Waals surface area contributed by atoms with Gasteiger partial charge in [0.25, 0.3) is 0 Å². The molecule has 0 amide bonds. The lowest BCUT2D eigenvalue weighted by Crippen LogP contribution is -2.48. The highest BCUT2D eigenvalue weighted by molar-refractivity contribution is 7.89. The number of nitrogens with zero attached hydrogens (tertiary/aromatic N) is 3. The lowest BCUT2D eigenvalue weighted by molar-refractivity contribution is 0.206. The van der Waals surface area contributed by atoms with Crippen LogP contribution in [0.5, 0.6) is 0 Å². The second-order valence-corrected chi connectivity index (χ2v) is 10.2. The number of hydrogen-bond acceptors (Lipinski definition) is 4. The molecule has 8 heteroatoms. The fourth-order valence-electron chi connectivity index (χ4n) is 4.26. The van der Waals surface area contributed by atoms with E-state index in [-0.39, 0.29) is 0 Å². The van der Waals surface area contributed by atoms with E-state index in [0.29, 0.717) is 30.6 Å². The van der Waals surface area contributed by atoms with Gasteiger partial charge in [-0.1, -0.05) is 25.5 Å². The lowest BCUT2D eigenvalue weighted by atomic mass is 10.1. The second kappa shape index (κ2) is 11.1. The normalized spacial score (nSPS) is 20.3. The van der Waals surface area contributed by atoms with Crippen LogP contribution < -0.4 is 10.6 Å². The zero-order valence-electron chi connectivity index (χ0n) is 18.4. The first-order valence-electron chi connectivity index (χ1n) is 11.3. The zero-order chi connectivity index (χ0) is 21.4. The Labute approximate surface area is 182 Å². The third-order valence-electron chi connectivity index (χ3n) is 6.00. The van der Waals surface area contributed by atoms with Crippen molar-refractivity contribution < 1.29 is 8.42 Å². The summed E-state index contributed by atoms with van der Waals surface area (Å²) < 4.78 is 27.5. The Kier molecular flexibility index (Phi) is 8.53. The van der Waals surface area contributed by atoms with Crippen LogP contribution in [0, 0.1) is 0 Å². The SMILES string of the molecule is CCCN1CCC(NC(=NC)NCc2cccc(S(=O)(=O)N3CCCCC3)c2)CC1. The molecule has 168 valence electrons. The number of sulfonamides is 1. The highest BCUT2D eigenvalue weighted by Crippen LogP contribution is 2.21. The molecule has 3 rings (SSSR count). The number of aliphatic imine (C=N–C) groups is 1. The smallest absolute Gasteiger partial charge is 0.243 e. The van der Waals surface area contributed by atoms with Crippen LogP contribution >= 0.6 is 0 Å². The minimum absolute atomic E-state index is 0.384. The molecule has 2 saturated heterocycles. The van der Waals surface area contributed by atoms with E-state index >= 15 is 0 Å². The molecule has 2 heterocycles. The van der Waals surface area contributed by atoms with E-state index in [1.807, 2.05) is 12.1 Å². The van der Waals surface area contributed by atoms with Crippen molar-refractivity contribution in [3.63, 3.8) is 0 Å². The minimum atomic E-state index is -3.41. The molecule has 1 aromatic carbocycles. The molecule has 0 spiro atoms. The number of benzene rings is 1. The summed E-state index contributed by atoms with van der Waals surface area (Å²) in [6.07, 6.45) is 6.43. The summed E-state index contributed by atoms with van der Waals surface area (Å²) in [4.78, 5) is 7.25. The van der Waals surface area contributed by atoms with Crippen molar-refractivity contribution in [2.24, 2.45) is 4.99 Å². The van der Waals surface area contributed by atoms with E-state index in [2.05, 4.69) is 27.4 Å². The summed E-state index contributed by atoms with van der Waals surface area (Å²) in [5.74, 6) is 0.772. The Morgan fingerprint density at radius 1 is 1.13 bits per heavy atom. The van der Waals surface area contributed by atoms with Crippen molar-refractivity contribution in [2.45, 2.75) is 62.9 Å². The molecule has 2 aliphatic rings. The van der Waals surface area contributed by atoms with Crippen LogP contribution in [-0.4, -0.2) is 69.4 Å². The predicted molar refractivity (Wildman–Crippen MR) is 122 cm³/mol. The van der Waals surface area contributed by atoms with E-state index in [1.54, 1.807) is 23.5 Å². The van der Waals surface area contributed by atoms with Gasteiger partial charge >= 0.3 is 0 Å². The minimum Gasteiger partial charge on any atom is -0.354 e. The van der Waals surface area contributed by atoms with Crippen molar-refractivity contribution in [3.8, 4) is 0 Å². The van der Waals surface area contributed by atoms with Gasteiger partial charge in [0.1, 0.15) is 0 Å². The fourth-order valence-corrected chi connectivity index (χ4v) is 5.85. The molecule has 1 aromatic rings. The van der Waals surface area contributed by atoms with E-state index < -0.39 is 10.0 Å². The Morgan fingerprint density at radius 3 is 2.53 bits per heavy atom. The number of nitrogens with one attached hydrogen (secondary N) is 2. The number of likely N-dealkylation sites (tertiary alicyclic amines) is 1. The Bertz CT molecular complexity index is 798. The maximum absolute atomic E-state index is 12.9. The molecular formula is C22H37N5O2S. The zero-order valence-corrected chi connectivity index (χ0v) is 19.3. The summed E-state index contributed by atoms with van der Waals surface area (Å²) in [6.45, 7) is 7.44. The summed E-state index contributed by atoms with van der Waals surface area (Å²) in [6, 6.07) is 7.69. The average Bonchev–Trinajstić information content (AvgIpc) is 2.79. The lowest BCUT2D eigenvalue weighted by Gasteiger charge is -2.32. The molecular weight excluding hydrogens is 398 g/mol. The van der Waals surface area contributed by atoms with Crippen LogP contribution in [0.2, 0.25) is 0 Å². The number of piperidine rings is 2. The maximum atomic E-state index is 12.9. The van der Waals surface area contributed by atoms with Gasteiger partial charge in [0.05, 0.1) is 4.90 Å². The predicted octanol–water partition coefficient (Wildman–Crippen LogP) is 2.40. The van der Waals surface area contributed by atoms with Crippen LogP contribution in [0.4, 0.5) is 0 Å². The van der Waals surface area contributed by atoms with Crippen molar-refractivity contribution in [3.05, 3.63) is 29.8 Å². The van der Waals surface area contributed by atoms with Gasteiger partial charge in [0.2, 0.25) is 10.0 Å². The van der Waals surface area contributed by atoms with Gasteiger partial charge in [-0.15, -0.1) is 0 Å². The molecule has 30 heavy (non-hydrogen) atoms. The van der Waals surface area contributed by atoms with Gasteiger partial charge < -0.3 is 15.5 Å². The molecule has 2 aliphatic heterocycles. The van der Waals surface area contributed by atoms with Crippen molar-refractivity contribution >= 4 is 16.0 Å². The summed E-state index contributed by atoms with van der Waals surface area (Å²) >= 11 is 0. The van der Waals surface area contributed by atoms with E-state index in [1.165, 1.54) is 13.0 Å². The van der Waals surface area contributed by atoms with E-state index in [9.17, 15) is 8.42 Å². The highest BCUT2D eigenvalue weighted by Gasteiger charge is 2.26. The Hall–Kier alpha value is -1.64. The second-order valence-electron chi connectivity index (χ2n) is 8.30. The van der Waals surface area contributed by atoms with E-state index in [0.717, 1.165) is 56.7 Å². The summed E-state index contributed by atoms with van der Waals surface area (Å²) in [7, 11) is -1.63. The molecule has 0 radical (unpaired) electrons. The highest BCUT2D eigenvalue weighted by atomic mass is 32.2. The topological polar surface area (TPSA) is 77.0 Å². The molecule has 0 aliphatic carbocycles. The average molecular weight is 436 g/mol. The van der Waals surface area contributed by atoms with Crippen molar-refractivity contribution in [2.75, 3.05) is 39.8 Å². The molecule has 0 atom stereocenters. The third-order valence-corrected chi connectivity index (χ3v) is 7.90. The van der Waals surface area contributed by atoms with Crippen molar-refractivity contribution in [1.29, 1.82) is 0 Å². The largest absolute Gasteiger partial charge is 0.354 e. The fraction of sp³-hybridized carbons (Fsp3) is 0.682. The first-order valence-corrected chi connectivity index (χ1v) is 12.8. The molecule has 0 bridgehead atoms. The molecule has 7 nitrogen and oxygen atoms in total. The number of guanidine groups is 1. The first-order chi connectivity index (χ1) is 14.5. The molecule has 0 saturated carbocycles. The van der Waals surface area contributed by atoms with Crippen LogP contribution in [0.3, 0.4) is 0 Å². The Morgan fingerprint density at radius 2 is 1.87 bits per heavy atom. The first kappa shape index (κ1) is 23.0. The van der Waals surface area contributed by atoms with E-state index in [4.69, 9.17) is 0 Å². The third kappa shape index (κ3) is 6.18. The quantitative estimate of drug-likeness (QED) is 0.508. The van der Waals surface area contributed by atoms with Gasteiger partial charge in [-0.25, -0.2) is 8.42 Å². The van der Waals surface area contributed by atoms with Gasteiger partial charge in [-0.3, -0.25) is 4.99 Å². The summed E-state index contributed by atoms with van der Waals surface area (Å²) in [5.41, 5.74) is 0.939. The number of hydrogen-bond donors (Lipinski definition) is 2. The van der Waals surface area contributed by atoms with Gasteiger partial charge in [0, 0.05) is 45.8 Å². The monoisotopic (exact) mass is 435 g/mol. The van der Waals surface area contributed by atoms with Gasteiger partial charge in [-0.2, -0.15) is 4.31 Å². The van der Waals surface area contributed by atoms with Gasteiger partial charge in [-0.05, 0) is 56.3 Å². The number of rotatable bonds is 7. The summed E-state index contributed by atoms with van der Waals surface area (Å²) in [5, 5.41) is 6.87. The van der Waals surface area contributed by atoms with Crippen molar-refractivity contribution in [1.82, 2.24) is 19.8 Å². The van der Waals surface area contributed by atoms with Crippen LogP contribution in [-0.2, 0) is 16.6 Å². The maximum Gasteiger partial charge on any atom is 0.243 e. The molecule has 0 unspecified atom stereocenters. The molecule has 2 fully saturated rings. The molecule has 2 N–H and O–H groups in total.